The summed E-state index contributed by atoms with van der Waals surface area (Å²) in [6.07, 6.45) is 3.40. The first-order valence-corrected chi connectivity index (χ1v) is 5.70. The van der Waals surface area contributed by atoms with Gasteiger partial charge in [-0.1, -0.05) is 12.2 Å². The molecule has 2 aromatic heterocycles. The van der Waals surface area contributed by atoms with E-state index in [9.17, 15) is 4.79 Å². The average Bonchev–Trinajstić information content (AvgIpc) is 2.87. The van der Waals surface area contributed by atoms with Crippen molar-refractivity contribution in [2.45, 2.75) is 0 Å². The van der Waals surface area contributed by atoms with E-state index in [-0.39, 0.29) is 5.91 Å². The summed E-state index contributed by atoms with van der Waals surface area (Å²) in [6.45, 7) is 0. The van der Waals surface area contributed by atoms with Crippen LogP contribution in [0.15, 0.2) is 36.7 Å². The molecule has 0 atom stereocenters. The van der Waals surface area contributed by atoms with Gasteiger partial charge in [-0.05, 0) is 24.3 Å². The Balaban J connectivity index is 2.48. The second-order valence-corrected chi connectivity index (χ2v) is 4.05. The first kappa shape index (κ1) is 12.3. The minimum absolute atomic E-state index is 0.235. The largest absolute Gasteiger partial charge is 0.388 e. The van der Waals surface area contributed by atoms with Gasteiger partial charge >= 0.3 is 0 Å². The number of thiocarbonyl (C=S) groups is 1. The second kappa shape index (κ2) is 4.97. The molecule has 3 N–H and O–H groups in total. The van der Waals surface area contributed by atoms with Gasteiger partial charge < -0.3 is 15.6 Å². The number of aromatic nitrogens is 2. The molecular formula is C12H12N4OS. The molecule has 2 rings (SSSR count). The van der Waals surface area contributed by atoms with Crippen molar-refractivity contribution in [3.05, 3.63) is 48.0 Å². The Morgan fingerprint density at radius 3 is 2.94 bits per heavy atom. The highest BCUT2D eigenvalue weighted by molar-refractivity contribution is 7.80. The standard InChI is InChI=1S/C12H12N4OS/c1-14-12(17)9-7-8(4-5-15-9)16-6-2-3-10(16)11(13)18/h2-7H,1H3,(H2,13,18)(H,14,17). The highest BCUT2D eigenvalue weighted by atomic mass is 32.1. The molecule has 0 aromatic carbocycles. The fraction of sp³-hybridized carbons (Fsp3) is 0.0833. The molecule has 0 aliphatic rings. The Morgan fingerprint density at radius 1 is 1.50 bits per heavy atom. The van der Waals surface area contributed by atoms with Crippen LogP contribution in [-0.2, 0) is 0 Å². The van der Waals surface area contributed by atoms with E-state index < -0.39 is 0 Å². The van der Waals surface area contributed by atoms with Crippen molar-refractivity contribution in [1.29, 1.82) is 0 Å². The van der Waals surface area contributed by atoms with Crippen LogP contribution < -0.4 is 11.1 Å². The molecule has 92 valence electrons. The summed E-state index contributed by atoms with van der Waals surface area (Å²) in [5.41, 5.74) is 7.49. The van der Waals surface area contributed by atoms with Crippen LogP contribution in [0.25, 0.3) is 5.69 Å². The molecule has 0 aliphatic carbocycles. The van der Waals surface area contributed by atoms with Gasteiger partial charge in [0, 0.05) is 25.1 Å². The van der Waals surface area contributed by atoms with E-state index in [4.69, 9.17) is 18.0 Å². The lowest BCUT2D eigenvalue weighted by Gasteiger charge is -2.09. The van der Waals surface area contributed by atoms with Gasteiger partial charge in [0.2, 0.25) is 0 Å². The van der Waals surface area contributed by atoms with Crippen molar-refractivity contribution < 1.29 is 4.79 Å². The zero-order chi connectivity index (χ0) is 13.1. The summed E-state index contributed by atoms with van der Waals surface area (Å²) in [5, 5.41) is 2.53. The SMILES string of the molecule is CNC(=O)c1cc(-n2cccc2C(N)=S)ccn1. The molecule has 0 unspecified atom stereocenters. The Morgan fingerprint density at radius 2 is 2.28 bits per heavy atom. The van der Waals surface area contributed by atoms with Gasteiger partial charge in [0.15, 0.2) is 0 Å². The molecule has 0 bridgehead atoms. The van der Waals surface area contributed by atoms with Crippen LogP contribution in [-0.4, -0.2) is 27.5 Å². The molecule has 6 heteroatoms. The van der Waals surface area contributed by atoms with E-state index in [0.29, 0.717) is 10.7 Å². The fourth-order valence-corrected chi connectivity index (χ4v) is 1.79. The summed E-state index contributed by atoms with van der Waals surface area (Å²) < 4.78 is 1.82. The molecular weight excluding hydrogens is 248 g/mol. The van der Waals surface area contributed by atoms with Crippen molar-refractivity contribution in [1.82, 2.24) is 14.9 Å². The number of hydrogen-bond donors (Lipinski definition) is 2. The van der Waals surface area contributed by atoms with E-state index in [2.05, 4.69) is 10.3 Å². The van der Waals surface area contributed by atoms with E-state index >= 15 is 0 Å². The zero-order valence-electron chi connectivity index (χ0n) is 9.75. The van der Waals surface area contributed by atoms with Crippen LogP contribution in [0.5, 0.6) is 0 Å². The second-order valence-electron chi connectivity index (χ2n) is 3.61. The monoisotopic (exact) mass is 260 g/mol. The van der Waals surface area contributed by atoms with Crippen molar-refractivity contribution in [2.75, 3.05) is 7.05 Å². The third-order valence-electron chi connectivity index (χ3n) is 2.48. The lowest BCUT2D eigenvalue weighted by atomic mass is 10.3. The molecule has 2 aromatic rings. The first-order valence-electron chi connectivity index (χ1n) is 5.29. The van der Waals surface area contributed by atoms with Gasteiger partial charge in [-0.2, -0.15) is 0 Å². The predicted octanol–water partition coefficient (Wildman–Crippen LogP) is 0.866. The highest BCUT2D eigenvalue weighted by Crippen LogP contribution is 2.13. The molecule has 0 saturated heterocycles. The summed E-state index contributed by atoms with van der Waals surface area (Å²) in [5.74, 6) is -0.235. The Kier molecular flexibility index (Phi) is 3.38. The predicted molar refractivity (Wildman–Crippen MR) is 72.8 cm³/mol. The van der Waals surface area contributed by atoms with Gasteiger partial charge in [0.05, 0.1) is 5.69 Å². The van der Waals surface area contributed by atoms with Crippen molar-refractivity contribution in [2.24, 2.45) is 5.73 Å². The van der Waals surface area contributed by atoms with Crippen LogP contribution >= 0.6 is 12.2 Å². The number of nitrogens with one attached hydrogen (secondary N) is 1. The van der Waals surface area contributed by atoms with Crippen LogP contribution in [0.4, 0.5) is 0 Å². The number of carbonyl (C=O) groups is 1. The third-order valence-corrected chi connectivity index (χ3v) is 2.69. The van der Waals surface area contributed by atoms with Crippen molar-refractivity contribution >= 4 is 23.1 Å². The minimum atomic E-state index is -0.235. The lowest BCUT2D eigenvalue weighted by molar-refractivity contribution is 0.0958. The number of amides is 1. The molecule has 18 heavy (non-hydrogen) atoms. The van der Waals surface area contributed by atoms with Gasteiger partial charge in [-0.3, -0.25) is 9.78 Å². The highest BCUT2D eigenvalue weighted by Gasteiger charge is 2.09. The summed E-state index contributed by atoms with van der Waals surface area (Å²) >= 11 is 4.97. The lowest BCUT2D eigenvalue weighted by Crippen LogP contribution is -2.20. The fourth-order valence-electron chi connectivity index (χ4n) is 1.63. The maximum atomic E-state index is 11.5. The summed E-state index contributed by atoms with van der Waals surface area (Å²) in [4.78, 5) is 15.8. The molecule has 0 fully saturated rings. The molecule has 5 nitrogen and oxygen atoms in total. The van der Waals surface area contributed by atoms with Crippen molar-refractivity contribution in [3.8, 4) is 5.69 Å². The van der Waals surface area contributed by atoms with Crippen LogP contribution in [0.1, 0.15) is 16.2 Å². The Labute approximate surface area is 110 Å². The number of nitrogens with two attached hydrogens (primary N) is 1. The van der Waals surface area contributed by atoms with E-state index in [1.54, 1.807) is 25.4 Å². The molecule has 1 amide bonds. The van der Waals surface area contributed by atoms with Gasteiger partial charge in [-0.25, -0.2) is 0 Å². The van der Waals surface area contributed by atoms with Crippen LogP contribution in [0.3, 0.4) is 0 Å². The maximum Gasteiger partial charge on any atom is 0.269 e. The van der Waals surface area contributed by atoms with E-state index in [1.165, 1.54) is 0 Å². The number of pyridine rings is 1. The molecule has 0 spiro atoms. The van der Waals surface area contributed by atoms with E-state index in [0.717, 1.165) is 11.4 Å². The Bertz CT molecular complexity index is 606. The summed E-state index contributed by atoms with van der Waals surface area (Å²) in [7, 11) is 1.56. The normalized spacial score (nSPS) is 10.1. The number of rotatable bonds is 3. The smallest absolute Gasteiger partial charge is 0.269 e. The minimum Gasteiger partial charge on any atom is -0.388 e. The number of carbonyl (C=O) groups excluding carboxylic acids is 1. The van der Waals surface area contributed by atoms with E-state index in [1.807, 2.05) is 22.9 Å². The zero-order valence-corrected chi connectivity index (χ0v) is 10.6. The molecule has 0 saturated carbocycles. The van der Waals surface area contributed by atoms with Gasteiger partial charge in [-0.15, -0.1) is 0 Å². The first-order chi connectivity index (χ1) is 8.63. The Hall–Kier alpha value is -2.21. The quantitative estimate of drug-likeness (QED) is 0.803. The molecule has 0 aliphatic heterocycles. The van der Waals surface area contributed by atoms with Gasteiger partial charge in [0.25, 0.3) is 5.91 Å². The van der Waals surface area contributed by atoms with Gasteiger partial charge in [0.1, 0.15) is 10.7 Å². The number of nitrogens with zero attached hydrogens (tertiary/aromatic N) is 2. The molecule has 0 radical (unpaired) electrons. The average molecular weight is 260 g/mol. The number of hydrogen-bond acceptors (Lipinski definition) is 3. The van der Waals surface area contributed by atoms with Crippen LogP contribution in [0, 0.1) is 0 Å². The third kappa shape index (κ3) is 2.23. The van der Waals surface area contributed by atoms with Crippen LogP contribution in [0.2, 0.25) is 0 Å². The molecule has 2 heterocycles. The van der Waals surface area contributed by atoms with Crippen molar-refractivity contribution in [3.63, 3.8) is 0 Å². The summed E-state index contributed by atoms with van der Waals surface area (Å²) in [6, 6.07) is 7.13. The topological polar surface area (TPSA) is 72.9 Å². The maximum absolute atomic E-state index is 11.5.